The number of alkyl halides is 3. The van der Waals surface area contributed by atoms with Gasteiger partial charge < -0.3 is 0 Å². The van der Waals surface area contributed by atoms with E-state index >= 15 is 0 Å². The van der Waals surface area contributed by atoms with E-state index in [0.717, 1.165) is 50.7 Å². The molecule has 0 amide bonds. The van der Waals surface area contributed by atoms with Gasteiger partial charge in [-0.2, -0.15) is 13.2 Å². The fourth-order valence-corrected chi connectivity index (χ4v) is 3.40. The molecule has 0 radical (unpaired) electrons. The Bertz CT molecular complexity index is 516. The van der Waals surface area contributed by atoms with Crippen LogP contribution in [-0.4, -0.2) is 0 Å². The van der Waals surface area contributed by atoms with E-state index in [1.54, 1.807) is 0 Å². The number of aryl methyl sites for hydroxylation is 1. The Morgan fingerprint density at radius 3 is 2.00 bits per heavy atom. The molecule has 0 unspecified atom stereocenters. The SMILES string of the molecule is C=CC[C@H]1CC[C@H](CCc2cc(F)c(C(F)(F)F)c(F)c2)CC1. The molecule has 1 aliphatic rings. The van der Waals surface area contributed by atoms with Gasteiger partial charge in [0, 0.05) is 0 Å². The molecular weight excluding hydrogens is 311 g/mol. The minimum Gasteiger partial charge on any atom is -0.206 e. The van der Waals surface area contributed by atoms with Crippen molar-refractivity contribution in [3.8, 4) is 0 Å². The zero-order valence-corrected chi connectivity index (χ0v) is 12.9. The Labute approximate surface area is 133 Å². The molecule has 0 aliphatic heterocycles. The lowest BCUT2D eigenvalue weighted by Crippen LogP contribution is -2.15. The van der Waals surface area contributed by atoms with Gasteiger partial charge in [0.05, 0.1) is 0 Å². The van der Waals surface area contributed by atoms with Crippen molar-refractivity contribution in [2.24, 2.45) is 11.8 Å². The summed E-state index contributed by atoms with van der Waals surface area (Å²) in [5, 5.41) is 0. The van der Waals surface area contributed by atoms with Crippen molar-refractivity contribution in [3.63, 3.8) is 0 Å². The van der Waals surface area contributed by atoms with E-state index in [2.05, 4.69) is 6.58 Å². The zero-order chi connectivity index (χ0) is 17.0. The number of halogens is 5. The van der Waals surface area contributed by atoms with Gasteiger partial charge in [-0.05, 0) is 61.6 Å². The smallest absolute Gasteiger partial charge is 0.206 e. The molecule has 2 rings (SSSR count). The van der Waals surface area contributed by atoms with E-state index in [9.17, 15) is 22.0 Å². The summed E-state index contributed by atoms with van der Waals surface area (Å²) in [7, 11) is 0. The fourth-order valence-electron chi connectivity index (χ4n) is 3.40. The molecule has 1 saturated carbocycles. The molecule has 0 aromatic heterocycles. The van der Waals surface area contributed by atoms with Gasteiger partial charge in [-0.25, -0.2) is 8.78 Å². The van der Waals surface area contributed by atoms with E-state index < -0.39 is 23.4 Å². The molecule has 23 heavy (non-hydrogen) atoms. The van der Waals surface area contributed by atoms with Crippen LogP contribution in [0.1, 0.15) is 49.7 Å². The van der Waals surface area contributed by atoms with Gasteiger partial charge in [0.1, 0.15) is 17.2 Å². The van der Waals surface area contributed by atoms with Crippen LogP contribution in [0.3, 0.4) is 0 Å². The van der Waals surface area contributed by atoms with E-state index in [1.165, 1.54) is 0 Å². The van der Waals surface area contributed by atoms with Crippen molar-refractivity contribution in [1.29, 1.82) is 0 Å². The van der Waals surface area contributed by atoms with Gasteiger partial charge in [0.2, 0.25) is 0 Å². The van der Waals surface area contributed by atoms with Crippen LogP contribution in [0.4, 0.5) is 22.0 Å². The van der Waals surface area contributed by atoms with Crippen molar-refractivity contribution in [2.75, 3.05) is 0 Å². The van der Waals surface area contributed by atoms with Crippen LogP contribution < -0.4 is 0 Å². The Hall–Kier alpha value is -1.39. The molecule has 0 bridgehead atoms. The average Bonchev–Trinajstić information content (AvgIpc) is 2.44. The highest BCUT2D eigenvalue weighted by molar-refractivity contribution is 5.28. The fraction of sp³-hybridized carbons (Fsp3) is 0.556. The summed E-state index contributed by atoms with van der Waals surface area (Å²) in [5.41, 5.74) is -1.51. The summed E-state index contributed by atoms with van der Waals surface area (Å²) in [4.78, 5) is 0. The molecule has 0 heterocycles. The molecule has 5 heteroatoms. The second kappa shape index (κ2) is 7.45. The maximum absolute atomic E-state index is 13.5. The highest BCUT2D eigenvalue weighted by Gasteiger charge is 2.37. The third kappa shape index (κ3) is 4.79. The first-order chi connectivity index (χ1) is 10.8. The molecule has 1 fully saturated rings. The summed E-state index contributed by atoms with van der Waals surface area (Å²) >= 11 is 0. The van der Waals surface area contributed by atoms with Crippen molar-refractivity contribution in [1.82, 2.24) is 0 Å². The van der Waals surface area contributed by atoms with Gasteiger partial charge >= 0.3 is 6.18 Å². The number of hydrogen-bond donors (Lipinski definition) is 0. The highest BCUT2D eigenvalue weighted by Crippen LogP contribution is 2.36. The third-order valence-corrected chi connectivity index (χ3v) is 4.69. The van der Waals surface area contributed by atoms with Gasteiger partial charge in [-0.1, -0.05) is 18.9 Å². The van der Waals surface area contributed by atoms with Crippen LogP contribution in [0.25, 0.3) is 0 Å². The monoisotopic (exact) mass is 332 g/mol. The molecule has 1 aromatic carbocycles. The molecule has 0 nitrogen and oxygen atoms in total. The number of hydrogen-bond acceptors (Lipinski definition) is 0. The summed E-state index contributed by atoms with van der Waals surface area (Å²) < 4.78 is 64.7. The second-order valence-corrected chi connectivity index (χ2v) is 6.38. The molecule has 0 atom stereocenters. The Balaban J connectivity index is 1.93. The lowest BCUT2D eigenvalue weighted by molar-refractivity contribution is -0.142. The van der Waals surface area contributed by atoms with Crippen molar-refractivity contribution in [3.05, 3.63) is 47.5 Å². The molecule has 0 spiro atoms. The first kappa shape index (κ1) is 18.0. The standard InChI is InChI=1S/C18H21F5/c1-2-3-12-4-6-13(7-5-12)8-9-14-10-15(19)17(16(20)11-14)18(21,22)23/h2,10-13H,1,3-9H2/t12-,13-. The van der Waals surface area contributed by atoms with Gasteiger partial charge in [0.15, 0.2) is 0 Å². The zero-order valence-electron chi connectivity index (χ0n) is 12.9. The van der Waals surface area contributed by atoms with Crippen LogP contribution >= 0.6 is 0 Å². The Kier molecular flexibility index (Phi) is 5.82. The predicted octanol–water partition coefficient (Wildman–Crippen LogP) is 6.30. The van der Waals surface area contributed by atoms with E-state index in [0.29, 0.717) is 23.8 Å². The van der Waals surface area contributed by atoms with Gasteiger partial charge in [0.25, 0.3) is 0 Å². The normalized spacial score (nSPS) is 22.1. The average molecular weight is 332 g/mol. The molecule has 0 N–H and O–H groups in total. The summed E-state index contributed by atoms with van der Waals surface area (Å²) in [5.74, 6) is -1.90. The summed E-state index contributed by atoms with van der Waals surface area (Å²) in [6.07, 6.45) is 3.46. The molecule has 128 valence electrons. The molecule has 0 saturated heterocycles. The van der Waals surface area contributed by atoms with Gasteiger partial charge in [-0.15, -0.1) is 6.58 Å². The van der Waals surface area contributed by atoms with E-state index in [4.69, 9.17) is 0 Å². The topological polar surface area (TPSA) is 0 Å². The highest BCUT2D eigenvalue weighted by atomic mass is 19.4. The predicted molar refractivity (Wildman–Crippen MR) is 79.9 cm³/mol. The molecule has 1 aliphatic carbocycles. The van der Waals surface area contributed by atoms with E-state index in [1.807, 2.05) is 6.08 Å². The lowest BCUT2D eigenvalue weighted by Gasteiger charge is -2.27. The maximum atomic E-state index is 13.5. The van der Waals surface area contributed by atoms with Crippen LogP contribution in [0.2, 0.25) is 0 Å². The number of benzene rings is 1. The van der Waals surface area contributed by atoms with Crippen molar-refractivity contribution < 1.29 is 22.0 Å². The molecule has 1 aromatic rings. The number of allylic oxidation sites excluding steroid dienone is 1. The molecular formula is C18H21F5. The Morgan fingerprint density at radius 1 is 1.00 bits per heavy atom. The van der Waals surface area contributed by atoms with Crippen LogP contribution in [0.5, 0.6) is 0 Å². The third-order valence-electron chi connectivity index (χ3n) is 4.69. The van der Waals surface area contributed by atoms with Crippen LogP contribution in [-0.2, 0) is 12.6 Å². The first-order valence-electron chi connectivity index (χ1n) is 7.97. The Morgan fingerprint density at radius 2 is 1.52 bits per heavy atom. The quantitative estimate of drug-likeness (QED) is 0.438. The lowest BCUT2D eigenvalue weighted by atomic mass is 9.78. The number of rotatable bonds is 5. The van der Waals surface area contributed by atoms with E-state index in [-0.39, 0.29) is 0 Å². The summed E-state index contributed by atoms with van der Waals surface area (Å²) in [6.45, 7) is 3.74. The largest absolute Gasteiger partial charge is 0.422 e. The van der Waals surface area contributed by atoms with Crippen LogP contribution in [0.15, 0.2) is 24.8 Å². The minimum absolute atomic E-state index is 0.293. The van der Waals surface area contributed by atoms with Crippen molar-refractivity contribution in [2.45, 2.75) is 51.1 Å². The summed E-state index contributed by atoms with van der Waals surface area (Å²) in [6, 6.07) is 1.63. The maximum Gasteiger partial charge on any atom is 0.422 e. The van der Waals surface area contributed by atoms with Crippen LogP contribution in [0, 0.1) is 23.5 Å². The second-order valence-electron chi connectivity index (χ2n) is 6.38. The van der Waals surface area contributed by atoms with Gasteiger partial charge in [-0.3, -0.25) is 0 Å². The first-order valence-corrected chi connectivity index (χ1v) is 7.97. The van der Waals surface area contributed by atoms with Crippen molar-refractivity contribution >= 4 is 0 Å². The minimum atomic E-state index is -5.00.